The number of hydrogen-bond donors (Lipinski definition) is 1. The van der Waals surface area contributed by atoms with Crippen molar-refractivity contribution in [1.29, 1.82) is 0 Å². The second-order valence-electron chi connectivity index (χ2n) is 10.6. The van der Waals surface area contributed by atoms with Crippen molar-refractivity contribution >= 4 is 29.2 Å². The highest BCUT2D eigenvalue weighted by Crippen LogP contribution is 2.50. The van der Waals surface area contributed by atoms with E-state index in [9.17, 15) is 14.7 Å². The number of hydrogen-bond acceptors (Lipinski definition) is 6. The Balaban J connectivity index is 1.27. The molecule has 0 saturated carbocycles. The third-order valence-electron chi connectivity index (χ3n) is 8.32. The van der Waals surface area contributed by atoms with Crippen molar-refractivity contribution in [2.24, 2.45) is 17.8 Å². The van der Waals surface area contributed by atoms with E-state index in [0.29, 0.717) is 36.8 Å². The topological polar surface area (TPSA) is 89.2 Å². The van der Waals surface area contributed by atoms with Gasteiger partial charge in [0.1, 0.15) is 18.1 Å². The lowest BCUT2D eigenvalue weighted by Crippen LogP contribution is -2.35. The van der Waals surface area contributed by atoms with E-state index < -0.39 is 11.8 Å². The number of aliphatic hydroxyl groups is 1. The van der Waals surface area contributed by atoms with E-state index in [1.165, 1.54) is 4.90 Å². The summed E-state index contributed by atoms with van der Waals surface area (Å²) in [6, 6.07) is 23.0. The molecule has 4 atom stereocenters. The van der Waals surface area contributed by atoms with E-state index in [-0.39, 0.29) is 30.4 Å². The Hall–Kier alpha value is -3.78. The minimum absolute atomic E-state index is 0.132. The maximum Gasteiger partial charge on any atom is 0.238 e. The number of methoxy groups -OCH3 is 1. The Labute approximate surface area is 233 Å². The molecule has 7 nitrogen and oxygen atoms in total. The fourth-order valence-corrected chi connectivity index (χ4v) is 6.58. The number of allylic oxidation sites excluding steroid dienone is 1. The number of amides is 2. The molecule has 2 fully saturated rings. The number of furan rings is 1. The molecule has 1 N–H and O–H groups in total. The molecule has 7 heteroatoms. The highest BCUT2D eigenvalue weighted by Gasteiger charge is 2.57. The molecule has 1 aliphatic carbocycles. The molecule has 0 radical (unpaired) electrons. The van der Waals surface area contributed by atoms with Crippen molar-refractivity contribution in [2.75, 3.05) is 25.2 Å². The van der Waals surface area contributed by atoms with Crippen molar-refractivity contribution in [1.82, 2.24) is 0 Å². The average Bonchev–Trinajstić information content (AvgIpc) is 3.69. The molecule has 0 bridgehead atoms. The van der Waals surface area contributed by atoms with Crippen LogP contribution in [0.5, 0.6) is 0 Å². The van der Waals surface area contributed by atoms with Crippen LogP contribution in [0.15, 0.2) is 88.4 Å². The summed E-state index contributed by atoms with van der Waals surface area (Å²) < 4.78 is 17.7. The van der Waals surface area contributed by atoms with Gasteiger partial charge in [0, 0.05) is 13.0 Å². The third kappa shape index (κ3) is 4.85. The molecule has 2 saturated heterocycles. The van der Waals surface area contributed by atoms with Gasteiger partial charge in [-0.1, -0.05) is 48.5 Å². The predicted octanol–water partition coefficient (Wildman–Crippen LogP) is 5.26. The minimum Gasteiger partial charge on any atom is -0.459 e. The van der Waals surface area contributed by atoms with Crippen LogP contribution in [0.25, 0.3) is 11.6 Å². The van der Waals surface area contributed by atoms with Crippen molar-refractivity contribution in [3.05, 3.63) is 101 Å². The SMILES string of the molecule is COCC1=C2[C@@H](CC/C(=C/c3ccc(CO)o3)c3ccccc3)OC[C@@H]2[C@@H]2C(=O)N(c3ccccc3)C(=O)[C@@H]2C1. The molecule has 3 heterocycles. The summed E-state index contributed by atoms with van der Waals surface area (Å²) in [7, 11) is 1.66. The Morgan fingerprint density at radius 3 is 2.45 bits per heavy atom. The van der Waals surface area contributed by atoms with Gasteiger partial charge in [-0.25, -0.2) is 0 Å². The fraction of sp³-hybridized carbons (Fsp3) is 0.333. The first-order valence-corrected chi connectivity index (χ1v) is 13.8. The number of nitrogens with zero attached hydrogens (tertiary/aromatic N) is 1. The number of ether oxygens (including phenoxy) is 2. The summed E-state index contributed by atoms with van der Waals surface area (Å²) in [6.45, 7) is 0.686. The van der Waals surface area contributed by atoms with Crippen LogP contribution in [0.4, 0.5) is 5.69 Å². The molecular formula is C33H33NO6. The predicted molar refractivity (Wildman–Crippen MR) is 151 cm³/mol. The second kappa shape index (κ2) is 11.4. The van der Waals surface area contributed by atoms with Crippen LogP contribution in [0, 0.1) is 17.8 Å². The van der Waals surface area contributed by atoms with E-state index in [1.807, 2.05) is 60.7 Å². The molecular weight excluding hydrogens is 506 g/mol. The highest BCUT2D eigenvalue weighted by molar-refractivity contribution is 6.22. The summed E-state index contributed by atoms with van der Waals surface area (Å²) in [6.07, 6.45) is 3.79. The molecule has 206 valence electrons. The Morgan fingerprint density at radius 2 is 1.75 bits per heavy atom. The zero-order valence-corrected chi connectivity index (χ0v) is 22.5. The number of para-hydroxylation sites is 1. The summed E-state index contributed by atoms with van der Waals surface area (Å²) in [5, 5.41) is 9.41. The molecule has 6 rings (SSSR count). The monoisotopic (exact) mass is 539 g/mol. The smallest absolute Gasteiger partial charge is 0.238 e. The normalized spacial score (nSPS) is 24.6. The van der Waals surface area contributed by atoms with Gasteiger partial charge in [0.15, 0.2) is 0 Å². The quantitative estimate of drug-likeness (QED) is 0.295. The van der Waals surface area contributed by atoms with Crippen LogP contribution in [-0.4, -0.2) is 43.3 Å². The zero-order valence-electron chi connectivity index (χ0n) is 22.5. The van der Waals surface area contributed by atoms with E-state index in [0.717, 1.165) is 35.1 Å². The maximum absolute atomic E-state index is 13.7. The summed E-state index contributed by atoms with van der Waals surface area (Å²) >= 11 is 0. The van der Waals surface area contributed by atoms with Gasteiger partial charge >= 0.3 is 0 Å². The first-order chi connectivity index (χ1) is 19.6. The van der Waals surface area contributed by atoms with E-state index in [2.05, 4.69) is 12.1 Å². The lowest BCUT2D eigenvalue weighted by Gasteiger charge is -2.31. The van der Waals surface area contributed by atoms with Crippen LogP contribution in [0.2, 0.25) is 0 Å². The third-order valence-corrected chi connectivity index (χ3v) is 8.32. The highest BCUT2D eigenvalue weighted by atomic mass is 16.5. The molecule has 3 aliphatic rings. The Kier molecular flexibility index (Phi) is 7.52. The standard InChI is InChI=1S/C33H33NO6/c1-38-19-23-17-27-31(33(37)34(32(27)36)24-10-6-3-7-11-24)28-20-39-29(30(23)28)15-12-22(21-8-4-2-5-9-21)16-25-13-14-26(18-35)40-25/h2-11,13-14,16,27-29,31,35H,12,15,17-20H2,1H3/b22-16-/t27-,28+,29-,31-/m1/s1. The number of aliphatic hydroxyl groups excluding tert-OH is 1. The number of imide groups is 1. The van der Waals surface area contributed by atoms with Gasteiger partial charge in [0.25, 0.3) is 0 Å². The number of rotatable bonds is 9. The minimum atomic E-state index is -0.419. The zero-order chi connectivity index (χ0) is 27.6. The summed E-state index contributed by atoms with van der Waals surface area (Å²) in [4.78, 5) is 28.6. The summed E-state index contributed by atoms with van der Waals surface area (Å²) in [5.74, 6) is -0.0126. The van der Waals surface area contributed by atoms with Crippen LogP contribution < -0.4 is 4.90 Å². The molecule has 3 aromatic rings. The average molecular weight is 540 g/mol. The van der Waals surface area contributed by atoms with Crippen LogP contribution in [0.1, 0.15) is 36.3 Å². The van der Waals surface area contributed by atoms with Gasteiger partial charge in [-0.2, -0.15) is 0 Å². The number of carbonyl (C=O) groups is 2. The van der Waals surface area contributed by atoms with Crippen LogP contribution in [-0.2, 0) is 25.7 Å². The molecule has 1 aromatic heterocycles. The number of benzene rings is 2. The van der Waals surface area contributed by atoms with Crippen molar-refractivity contribution in [3.63, 3.8) is 0 Å². The van der Waals surface area contributed by atoms with E-state index in [1.54, 1.807) is 13.2 Å². The van der Waals surface area contributed by atoms with E-state index >= 15 is 0 Å². The van der Waals surface area contributed by atoms with Crippen LogP contribution in [0.3, 0.4) is 0 Å². The van der Waals surface area contributed by atoms with Crippen molar-refractivity contribution < 1.29 is 28.6 Å². The van der Waals surface area contributed by atoms with Gasteiger partial charge in [-0.3, -0.25) is 14.5 Å². The second-order valence-corrected chi connectivity index (χ2v) is 10.6. The van der Waals surface area contributed by atoms with Gasteiger partial charge < -0.3 is 19.0 Å². The first-order valence-electron chi connectivity index (χ1n) is 13.8. The van der Waals surface area contributed by atoms with Crippen molar-refractivity contribution in [2.45, 2.75) is 32.0 Å². The van der Waals surface area contributed by atoms with Gasteiger partial charge in [0.05, 0.1) is 36.8 Å². The number of fused-ring (bicyclic) bond motifs is 3. The Bertz CT molecular complexity index is 1440. The van der Waals surface area contributed by atoms with Crippen molar-refractivity contribution in [3.8, 4) is 0 Å². The maximum atomic E-state index is 13.7. The fourth-order valence-electron chi connectivity index (χ4n) is 6.58. The van der Waals surface area contributed by atoms with Gasteiger partial charge in [0.2, 0.25) is 11.8 Å². The molecule has 2 aliphatic heterocycles. The number of carbonyl (C=O) groups excluding carboxylic acids is 2. The molecule has 0 unspecified atom stereocenters. The lowest BCUT2D eigenvalue weighted by molar-refractivity contribution is -0.122. The number of anilines is 1. The van der Waals surface area contributed by atoms with Gasteiger partial charge in [-0.15, -0.1) is 0 Å². The van der Waals surface area contributed by atoms with Gasteiger partial charge in [-0.05, 0) is 71.9 Å². The molecule has 0 spiro atoms. The lowest BCUT2D eigenvalue weighted by atomic mass is 9.69. The first kappa shape index (κ1) is 26.4. The van der Waals surface area contributed by atoms with Crippen LogP contribution >= 0.6 is 0 Å². The molecule has 40 heavy (non-hydrogen) atoms. The summed E-state index contributed by atoms with van der Waals surface area (Å²) in [5.41, 5.74) is 5.01. The largest absolute Gasteiger partial charge is 0.459 e. The molecule has 2 aromatic carbocycles. The Morgan fingerprint density at radius 1 is 1.00 bits per heavy atom. The molecule has 2 amide bonds. The van der Waals surface area contributed by atoms with E-state index in [4.69, 9.17) is 13.9 Å².